The largest absolute Gasteiger partial charge is 0.417 e. The lowest BCUT2D eigenvalue weighted by atomic mass is 9.97. The third kappa shape index (κ3) is 4.85. The number of hydrogen-bond donors (Lipinski definition) is 0. The van der Waals surface area contributed by atoms with Crippen LogP contribution in [0.4, 0.5) is 19.0 Å². The van der Waals surface area contributed by atoms with Crippen LogP contribution in [-0.4, -0.2) is 64.5 Å². The van der Waals surface area contributed by atoms with Crippen molar-refractivity contribution in [3.63, 3.8) is 0 Å². The van der Waals surface area contributed by atoms with Crippen molar-refractivity contribution in [2.75, 3.05) is 30.9 Å². The smallest absolute Gasteiger partial charge is 0.379 e. The Labute approximate surface area is 236 Å². The molecular formula is C26H26ClF3N4O3S2. The highest BCUT2D eigenvalue weighted by Gasteiger charge is 2.40. The zero-order valence-corrected chi connectivity index (χ0v) is 23.8. The van der Waals surface area contributed by atoms with Crippen molar-refractivity contribution >= 4 is 57.3 Å². The quantitative estimate of drug-likeness (QED) is 0.368. The third-order valence-corrected chi connectivity index (χ3v) is 9.58. The van der Waals surface area contributed by atoms with Gasteiger partial charge in [0.05, 0.1) is 28.8 Å². The molecule has 3 atom stereocenters. The zero-order valence-electron chi connectivity index (χ0n) is 21.4. The summed E-state index contributed by atoms with van der Waals surface area (Å²) in [5.74, 6) is 0.283. The molecule has 208 valence electrons. The molecule has 1 aromatic carbocycles. The van der Waals surface area contributed by atoms with Gasteiger partial charge in [-0.3, -0.25) is 9.36 Å². The molecule has 1 unspecified atom stereocenters. The molecule has 2 aromatic heterocycles. The van der Waals surface area contributed by atoms with Crippen LogP contribution in [0, 0.1) is 0 Å². The number of hydrogen-bond acceptors (Lipinski definition) is 7. The summed E-state index contributed by atoms with van der Waals surface area (Å²) in [6, 6.07) is 0.517. The van der Waals surface area contributed by atoms with Crippen molar-refractivity contribution in [1.82, 2.24) is 14.5 Å². The van der Waals surface area contributed by atoms with Crippen LogP contribution < -0.4 is 10.6 Å². The summed E-state index contributed by atoms with van der Waals surface area (Å²) in [4.78, 5) is 34.1. The summed E-state index contributed by atoms with van der Waals surface area (Å²) in [7, 11) is 1.51. The molecule has 1 saturated heterocycles. The maximum Gasteiger partial charge on any atom is 0.417 e. The molecule has 39 heavy (non-hydrogen) atoms. The highest BCUT2D eigenvalue weighted by atomic mass is 35.5. The number of alkyl halides is 3. The van der Waals surface area contributed by atoms with E-state index >= 15 is 0 Å². The van der Waals surface area contributed by atoms with Gasteiger partial charge in [0.15, 0.2) is 0 Å². The Balaban J connectivity index is 1.82. The minimum atomic E-state index is -4.70. The number of aromatic nitrogens is 2. The average molecular weight is 599 g/mol. The van der Waals surface area contributed by atoms with Crippen molar-refractivity contribution in [3.05, 3.63) is 50.6 Å². The molecule has 3 aromatic rings. The van der Waals surface area contributed by atoms with Crippen molar-refractivity contribution in [2.24, 2.45) is 0 Å². The lowest BCUT2D eigenvalue weighted by Gasteiger charge is -2.44. The van der Waals surface area contributed by atoms with Gasteiger partial charge in [-0.1, -0.05) is 18.2 Å². The number of anilines is 1. The Morgan fingerprint density at radius 3 is 2.49 bits per heavy atom. The maximum atomic E-state index is 14.7. The Morgan fingerprint density at radius 2 is 1.92 bits per heavy atom. The van der Waals surface area contributed by atoms with Crippen LogP contribution in [0.2, 0.25) is 5.02 Å². The second-order valence-electron chi connectivity index (χ2n) is 9.71. The van der Waals surface area contributed by atoms with E-state index in [0.29, 0.717) is 16.2 Å². The standard InChI is InChI=1S/C26H26ClF3N4O3S2/c1-5-20(35)34-13(2)7-32(8-14(34)3)24-16-6-18(26(28,29)30)21(17-11-38-12-19(17)27)23-22(16)33(25(36)31-24)9-15(37-4)10-39-23/h5-6,11-15H,1,7-10H2,2-4H3/t13-,14+,15?. The topological polar surface area (TPSA) is 67.7 Å². The molecule has 0 radical (unpaired) electrons. The van der Waals surface area contributed by atoms with E-state index in [2.05, 4.69) is 11.6 Å². The second kappa shape index (κ2) is 10.5. The van der Waals surface area contributed by atoms with Crippen molar-refractivity contribution in [1.29, 1.82) is 0 Å². The van der Waals surface area contributed by atoms with Gasteiger partial charge in [0.1, 0.15) is 5.82 Å². The first-order valence-corrected chi connectivity index (χ1v) is 14.5. The Kier molecular flexibility index (Phi) is 7.51. The first-order valence-electron chi connectivity index (χ1n) is 12.2. The van der Waals surface area contributed by atoms with Gasteiger partial charge in [0, 0.05) is 70.2 Å². The van der Waals surface area contributed by atoms with E-state index in [1.54, 1.807) is 20.6 Å². The summed E-state index contributed by atoms with van der Waals surface area (Å²) in [5.41, 5.74) is -0.814. The minimum Gasteiger partial charge on any atom is -0.379 e. The molecular weight excluding hydrogens is 573 g/mol. The number of piperazine rings is 1. The van der Waals surface area contributed by atoms with Crippen LogP contribution in [0.5, 0.6) is 0 Å². The van der Waals surface area contributed by atoms with E-state index in [-0.39, 0.29) is 65.0 Å². The molecule has 5 rings (SSSR count). The Morgan fingerprint density at radius 1 is 1.23 bits per heavy atom. The van der Waals surface area contributed by atoms with Gasteiger partial charge >= 0.3 is 11.9 Å². The van der Waals surface area contributed by atoms with Gasteiger partial charge in [0.2, 0.25) is 5.91 Å². The lowest BCUT2D eigenvalue weighted by Crippen LogP contribution is -2.58. The molecule has 0 aliphatic carbocycles. The number of benzene rings is 1. The Bertz CT molecular complexity index is 1510. The third-order valence-electron chi connectivity index (χ3n) is 7.17. The van der Waals surface area contributed by atoms with Gasteiger partial charge < -0.3 is 14.5 Å². The van der Waals surface area contributed by atoms with Crippen molar-refractivity contribution in [2.45, 2.75) is 49.7 Å². The number of amides is 1. The van der Waals surface area contributed by atoms with Crippen LogP contribution >= 0.6 is 34.7 Å². The number of nitrogens with zero attached hydrogens (tertiary/aromatic N) is 4. The summed E-state index contributed by atoms with van der Waals surface area (Å²) >= 11 is 8.81. The van der Waals surface area contributed by atoms with E-state index < -0.39 is 23.5 Å². The number of thioether (sulfide) groups is 1. The van der Waals surface area contributed by atoms with Gasteiger partial charge in [0.25, 0.3) is 0 Å². The molecule has 1 amide bonds. The average Bonchev–Trinajstić information content (AvgIpc) is 3.19. The molecule has 2 aliphatic heterocycles. The molecule has 13 heteroatoms. The van der Waals surface area contributed by atoms with E-state index in [9.17, 15) is 22.8 Å². The van der Waals surface area contributed by atoms with Crippen LogP contribution in [0.15, 0.2) is 39.2 Å². The highest BCUT2D eigenvalue weighted by Crippen LogP contribution is 2.50. The zero-order chi connectivity index (χ0) is 28.2. The number of carbonyl (C=O) groups excluding carboxylic acids is 1. The SMILES string of the molecule is C=CC(=O)N1[C@H](C)CN(c2nc(=O)n3c4c(c(-c5cscc5Cl)c(C(F)(F)F)cc24)SCC(OC)C3)C[C@@H]1C. The summed E-state index contributed by atoms with van der Waals surface area (Å²) in [6.07, 6.45) is -3.87. The minimum absolute atomic E-state index is 0.0450. The van der Waals surface area contributed by atoms with E-state index in [0.717, 1.165) is 6.07 Å². The van der Waals surface area contributed by atoms with E-state index in [4.69, 9.17) is 16.3 Å². The van der Waals surface area contributed by atoms with Gasteiger partial charge in [-0.05, 0) is 26.0 Å². The summed E-state index contributed by atoms with van der Waals surface area (Å²) in [6.45, 7) is 8.00. The maximum absolute atomic E-state index is 14.7. The fraction of sp³-hybridized carbons (Fsp3) is 0.423. The number of carbonyl (C=O) groups is 1. The predicted molar refractivity (Wildman–Crippen MR) is 149 cm³/mol. The molecule has 1 fully saturated rings. The van der Waals surface area contributed by atoms with Crippen molar-refractivity contribution < 1.29 is 22.7 Å². The van der Waals surface area contributed by atoms with E-state index in [1.165, 1.54) is 40.9 Å². The normalized spacial score (nSPS) is 21.8. The molecule has 0 bridgehead atoms. The van der Waals surface area contributed by atoms with Gasteiger partial charge in [-0.15, -0.1) is 11.8 Å². The van der Waals surface area contributed by atoms with Gasteiger partial charge in [-0.25, -0.2) is 4.79 Å². The first kappa shape index (κ1) is 28.0. The molecule has 7 nitrogen and oxygen atoms in total. The van der Waals surface area contributed by atoms with Crippen LogP contribution in [-0.2, 0) is 22.3 Å². The number of ether oxygens (including phenoxy) is 1. The van der Waals surface area contributed by atoms with Crippen molar-refractivity contribution in [3.8, 4) is 11.1 Å². The predicted octanol–water partition coefficient (Wildman–Crippen LogP) is 5.53. The van der Waals surface area contributed by atoms with Gasteiger partial charge in [-0.2, -0.15) is 29.5 Å². The number of rotatable bonds is 4. The molecule has 0 N–H and O–H groups in total. The highest BCUT2D eigenvalue weighted by molar-refractivity contribution is 7.99. The van der Waals surface area contributed by atoms with E-state index in [1.807, 2.05) is 13.8 Å². The summed E-state index contributed by atoms with van der Waals surface area (Å²) in [5, 5.41) is 3.62. The number of methoxy groups -OCH3 is 1. The number of halogens is 4. The van der Waals surface area contributed by atoms with Crippen LogP contribution in [0.1, 0.15) is 19.4 Å². The molecule has 2 aliphatic rings. The van der Waals surface area contributed by atoms with Crippen LogP contribution in [0.25, 0.3) is 22.0 Å². The Hall–Kier alpha value is -2.54. The molecule has 0 saturated carbocycles. The monoisotopic (exact) mass is 598 g/mol. The lowest BCUT2D eigenvalue weighted by molar-refractivity contribution is -0.137. The summed E-state index contributed by atoms with van der Waals surface area (Å²) < 4.78 is 51.1. The fourth-order valence-electron chi connectivity index (χ4n) is 5.51. The molecule has 4 heterocycles. The molecule has 0 spiro atoms. The number of thiophene rings is 1. The van der Waals surface area contributed by atoms with Crippen LogP contribution in [0.3, 0.4) is 0 Å². The first-order chi connectivity index (χ1) is 18.5. The fourth-order valence-corrected chi connectivity index (χ4v) is 7.88. The second-order valence-corrected chi connectivity index (χ2v) is 11.9.